The Bertz CT molecular complexity index is 299. The van der Waals surface area contributed by atoms with Gasteiger partial charge in [-0.1, -0.05) is 20.8 Å². The molecule has 2 rings (SSSR count). The summed E-state index contributed by atoms with van der Waals surface area (Å²) in [5.74, 6) is 1.04. The zero-order valence-corrected chi connectivity index (χ0v) is 12.2. The Kier molecular flexibility index (Phi) is 4.31. The van der Waals surface area contributed by atoms with Gasteiger partial charge in [0.15, 0.2) is 0 Å². The molecule has 18 heavy (non-hydrogen) atoms. The minimum absolute atomic E-state index is 0.0817. The Morgan fingerprint density at radius 1 is 1.39 bits per heavy atom. The third-order valence-corrected chi connectivity index (χ3v) is 5.21. The molecule has 0 aromatic heterocycles. The highest BCUT2D eigenvalue weighted by molar-refractivity contribution is 5.82. The van der Waals surface area contributed by atoms with E-state index in [0.717, 1.165) is 26.1 Å². The van der Waals surface area contributed by atoms with Gasteiger partial charge in [-0.05, 0) is 50.0 Å². The molecule has 2 aliphatic heterocycles. The van der Waals surface area contributed by atoms with Crippen LogP contribution in [0.1, 0.15) is 52.9 Å². The van der Waals surface area contributed by atoms with E-state index < -0.39 is 0 Å². The molecule has 0 bridgehead atoms. The molecule has 3 nitrogen and oxygen atoms in total. The van der Waals surface area contributed by atoms with Gasteiger partial charge in [0.2, 0.25) is 5.91 Å². The van der Waals surface area contributed by atoms with E-state index in [-0.39, 0.29) is 6.04 Å². The summed E-state index contributed by atoms with van der Waals surface area (Å²) < 4.78 is 0. The Hall–Kier alpha value is -0.570. The van der Waals surface area contributed by atoms with Gasteiger partial charge in [-0.2, -0.15) is 0 Å². The molecule has 3 heteroatoms. The lowest BCUT2D eigenvalue weighted by molar-refractivity contribution is -0.133. The summed E-state index contributed by atoms with van der Waals surface area (Å²) in [6.07, 6.45) is 5.80. The van der Waals surface area contributed by atoms with Crippen LogP contribution in [0.4, 0.5) is 0 Å². The van der Waals surface area contributed by atoms with Gasteiger partial charge in [-0.3, -0.25) is 4.79 Å². The van der Waals surface area contributed by atoms with Crippen molar-refractivity contribution in [3.8, 4) is 0 Å². The van der Waals surface area contributed by atoms with E-state index in [1.807, 2.05) is 0 Å². The molecule has 2 fully saturated rings. The third-order valence-electron chi connectivity index (χ3n) is 5.21. The van der Waals surface area contributed by atoms with Crippen LogP contribution in [0.15, 0.2) is 0 Å². The molecule has 0 aromatic rings. The molecule has 2 aliphatic rings. The fourth-order valence-electron chi connectivity index (χ4n) is 3.47. The summed E-state index contributed by atoms with van der Waals surface area (Å²) >= 11 is 0. The number of nitrogens with one attached hydrogen (secondary N) is 1. The van der Waals surface area contributed by atoms with Gasteiger partial charge < -0.3 is 10.2 Å². The predicted octanol–water partition coefficient (Wildman–Crippen LogP) is 2.41. The van der Waals surface area contributed by atoms with E-state index in [1.165, 1.54) is 25.7 Å². The Morgan fingerprint density at radius 3 is 2.67 bits per heavy atom. The van der Waals surface area contributed by atoms with Crippen molar-refractivity contribution in [3.63, 3.8) is 0 Å². The molecule has 0 aliphatic carbocycles. The maximum Gasteiger partial charge on any atom is 0.239 e. The summed E-state index contributed by atoms with van der Waals surface area (Å²) in [6, 6.07) is 0.0817. The molecule has 2 heterocycles. The summed E-state index contributed by atoms with van der Waals surface area (Å²) in [7, 11) is 0. The minimum atomic E-state index is 0.0817. The first-order valence-corrected chi connectivity index (χ1v) is 7.62. The van der Waals surface area contributed by atoms with Crippen LogP contribution in [-0.2, 0) is 4.79 Å². The zero-order valence-electron chi connectivity index (χ0n) is 12.2. The van der Waals surface area contributed by atoms with Crippen LogP contribution in [0, 0.1) is 11.3 Å². The van der Waals surface area contributed by atoms with Crippen LogP contribution >= 0.6 is 0 Å². The summed E-state index contributed by atoms with van der Waals surface area (Å²) in [5.41, 5.74) is 0.399. The smallest absolute Gasteiger partial charge is 0.239 e. The SMILES string of the molecule is CCC1(CC)CCN(C(=O)C2CC(C)CCN2)C1. The van der Waals surface area contributed by atoms with Gasteiger partial charge in [0.1, 0.15) is 0 Å². The standard InChI is InChI=1S/C15H28N2O/c1-4-15(5-2)7-9-17(11-15)14(18)13-10-12(3)6-8-16-13/h12-13,16H,4-11H2,1-3H3. The number of rotatable bonds is 3. The molecular weight excluding hydrogens is 224 g/mol. The molecule has 2 atom stereocenters. The van der Waals surface area contributed by atoms with Crippen LogP contribution in [-0.4, -0.2) is 36.5 Å². The number of amides is 1. The number of carbonyl (C=O) groups is 1. The number of nitrogens with zero attached hydrogens (tertiary/aromatic N) is 1. The van der Waals surface area contributed by atoms with Gasteiger partial charge in [-0.25, -0.2) is 0 Å². The lowest BCUT2D eigenvalue weighted by Crippen LogP contribution is -2.49. The first kappa shape index (κ1) is 13.9. The Morgan fingerprint density at radius 2 is 2.11 bits per heavy atom. The lowest BCUT2D eigenvalue weighted by atomic mass is 9.82. The van der Waals surface area contributed by atoms with Crippen LogP contribution in [0.2, 0.25) is 0 Å². The first-order valence-electron chi connectivity index (χ1n) is 7.62. The van der Waals surface area contributed by atoms with Crippen molar-refractivity contribution in [1.29, 1.82) is 0 Å². The van der Waals surface area contributed by atoms with E-state index in [1.54, 1.807) is 0 Å². The number of carbonyl (C=O) groups excluding carboxylic acids is 1. The summed E-state index contributed by atoms with van der Waals surface area (Å²) in [5, 5.41) is 3.40. The molecule has 0 spiro atoms. The van der Waals surface area contributed by atoms with Gasteiger partial charge in [-0.15, -0.1) is 0 Å². The van der Waals surface area contributed by atoms with Crippen LogP contribution in [0.25, 0.3) is 0 Å². The summed E-state index contributed by atoms with van der Waals surface area (Å²) in [6.45, 7) is 9.72. The topological polar surface area (TPSA) is 32.3 Å². The number of hydrogen-bond acceptors (Lipinski definition) is 2. The fraction of sp³-hybridized carbons (Fsp3) is 0.933. The fourth-order valence-corrected chi connectivity index (χ4v) is 3.47. The molecule has 0 radical (unpaired) electrons. The molecule has 0 saturated carbocycles. The van der Waals surface area contributed by atoms with E-state index in [4.69, 9.17) is 0 Å². The van der Waals surface area contributed by atoms with Gasteiger partial charge in [0.25, 0.3) is 0 Å². The number of hydrogen-bond donors (Lipinski definition) is 1. The second-order valence-electron chi connectivity index (χ2n) is 6.35. The maximum atomic E-state index is 12.5. The quantitative estimate of drug-likeness (QED) is 0.836. The van der Waals surface area contributed by atoms with Crippen molar-refractivity contribution in [1.82, 2.24) is 10.2 Å². The molecule has 0 aromatic carbocycles. The molecule has 2 saturated heterocycles. The zero-order chi connectivity index (χ0) is 13.2. The highest BCUT2D eigenvalue weighted by Crippen LogP contribution is 2.37. The monoisotopic (exact) mass is 252 g/mol. The third kappa shape index (κ3) is 2.71. The number of likely N-dealkylation sites (tertiary alicyclic amines) is 1. The van der Waals surface area contributed by atoms with Crippen molar-refractivity contribution in [2.45, 2.75) is 58.9 Å². The summed E-state index contributed by atoms with van der Waals surface area (Å²) in [4.78, 5) is 14.6. The van der Waals surface area contributed by atoms with Crippen LogP contribution < -0.4 is 5.32 Å². The van der Waals surface area contributed by atoms with Gasteiger partial charge in [0, 0.05) is 13.1 Å². The van der Waals surface area contributed by atoms with Crippen molar-refractivity contribution < 1.29 is 4.79 Å². The molecule has 1 N–H and O–H groups in total. The van der Waals surface area contributed by atoms with Crippen molar-refractivity contribution in [2.75, 3.05) is 19.6 Å². The van der Waals surface area contributed by atoms with E-state index in [0.29, 0.717) is 17.2 Å². The molecular formula is C15H28N2O. The van der Waals surface area contributed by atoms with Gasteiger partial charge >= 0.3 is 0 Å². The van der Waals surface area contributed by atoms with Gasteiger partial charge in [0.05, 0.1) is 6.04 Å². The molecule has 104 valence electrons. The normalized spacial score (nSPS) is 31.6. The largest absolute Gasteiger partial charge is 0.341 e. The van der Waals surface area contributed by atoms with E-state index in [9.17, 15) is 4.79 Å². The van der Waals surface area contributed by atoms with E-state index in [2.05, 4.69) is 31.0 Å². The predicted molar refractivity (Wildman–Crippen MR) is 74.4 cm³/mol. The maximum absolute atomic E-state index is 12.5. The van der Waals surface area contributed by atoms with E-state index >= 15 is 0 Å². The molecule has 2 unspecified atom stereocenters. The second kappa shape index (κ2) is 5.60. The number of piperidine rings is 1. The first-order chi connectivity index (χ1) is 8.60. The Balaban J connectivity index is 1.94. The lowest BCUT2D eigenvalue weighted by Gasteiger charge is -2.32. The average Bonchev–Trinajstić information content (AvgIpc) is 2.83. The minimum Gasteiger partial charge on any atom is -0.341 e. The highest BCUT2D eigenvalue weighted by Gasteiger charge is 2.39. The average molecular weight is 252 g/mol. The van der Waals surface area contributed by atoms with Crippen LogP contribution in [0.5, 0.6) is 0 Å². The molecule has 1 amide bonds. The Labute approximate surface area is 111 Å². The second-order valence-corrected chi connectivity index (χ2v) is 6.35. The van der Waals surface area contributed by atoms with Crippen molar-refractivity contribution in [2.24, 2.45) is 11.3 Å². The van der Waals surface area contributed by atoms with Crippen molar-refractivity contribution >= 4 is 5.91 Å². The highest BCUT2D eigenvalue weighted by atomic mass is 16.2. The van der Waals surface area contributed by atoms with Crippen molar-refractivity contribution in [3.05, 3.63) is 0 Å². The van der Waals surface area contributed by atoms with Crippen LogP contribution in [0.3, 0.4) is 0 Å².